The van der Waals surface area contributed by atoms with E-state index >= 15 is 0 Å². The van der Waals surface area contributed by atoms with Gasteiger partial charge in [-0.3, -0.25) is 14.6 Å². The largest absolute Gasteiger partial charge is 0.366 e. The first-order valence-electron chi connectivity index (χ1n) is 4.57. The number of amides is 2. The molecule has 3 N–H and O–H groups in total. The van der Waals surface area contributed by atoms with Gasteiger partial charge in [-0.15, -0.1) is 0 Å². The smallest absolute Gasteiger partial charge is 0.253 e. The molecule has 0 atom stereocenters. The maximum Gasteiger partial charge on any atom is 0.253 e. The molecule has 0 unspecified atom stereocenters. The lowest BCUT2D eigenvalue weighted by Crippen LogP contribution is -2.32. The van der Waals surface area contributed by atoms with Gasteiger partial charge in [-0.05, 0) is 19.9 Å². The number of nitrogens with one attached hydrogen (secondary N) is 1. The molecule has 1 aromatic heterocycles. The number of carbonyl (C=O) groups excluding carboxylic acids is 2. The molecular weight excluding hydrogens is 194 g/mol. The van der Waals surface area contributed by atoms with E-state index in [1.807, 2.05) is 13.8 Å². The zero-order valence-corrected chi connectivity index (χ0v) is 8.65. The molecule has 5 nitrogen and oxygen atoms in total. The number of hydrogen-bond donors (Lipinski definition) is 2. The monoisotopic (exact) mass is 207 g/mol. The molecule has 1 heterocycles. The number of rotatable bonds is 3. The third-order valence-electron chi connectivity index (χ3n) is 1.75. The summed E-state index contributed by atoms with van der Waals surface area (Å²) in [4.78, 5) is 26.4. The summed E-state index contributed by atoms with van der Waals surface area (Å²) in [6, 6.07) is 1.43. The molecule has 0 bridgehead atoms. The SMILES string of the molecule is CC(C)NC(=O)c1cnccc1C(N)=O. The van der Waals surface area contributed by atoms with E-state index in [1.165, 1.54) is 18.5 Å². The number of hydrogen-bond acceptors (Lipinski definition) is 3. The molecule has 80 valence electrons. The number of nitrogens with zero attached hydrogens (tertiary/aromatic N) is 1. The molecule has 0 saturated carbocycles. The highest BCUT2D eigenvalue weighted by Gasteiger charge is 2.15. The van der Waals surface area contributed by atoms with Gasteiger partial charge in [0.2, 0.25) is 5.91 Å². The van der Waals surface area contributed by atoms with Crippen molar-refractivity contribution in [2.45, 2.75) is 19.9 Å². The topological polar surface area (TPSA) is 85.1 Å². The van der Waals surface area contributed by atoms with E-state index in [9.17, 15) is 9.59 Å². The summed E-state index contributed by atoms with van der Waals surface area (Å²) in [5.74, 6) is -0.974. The molecule has 0 radical (unpaired) electrons. The first kappa shape index (κ1) is 11.2. The predicted molar refractivity (Wildman–Crippen MR) is 55.4 cm³/mol. The number of primary amides is 1. The molecule has 2 amide bonds. The van der Waals surface area contributed by atoms with E-state index in [0.717, 1.165) is 0 Å². The van der Waals surface area contributed by atoms with Crippen LogP contribution in [-0.2, 0) is 0 Å². The highest BCUT2D eigenvalue weighted by molar-refractivity contribution is 6.06. The van der Waals surface area contributed by atoms with Gasteiger partial charge in [0.25, 0.3) is 5.91 Å². The summed E-state index contributed by atoms with van der Waals surface area (Å²) >= 11 is 0. The number of nitrogens with two attached hydrogens (primary N) is 1. The van der Waals surface area contributed by atoms with Crippen LogP contribution in [0.2, 0.25) is 0 Å². The third-order valence-corrected chi connectivity index (χ3v) is 1.75. The maximum absolute atomic E-state index is 11.6. The quantitative estimate of drug-likeness (QED) is 0.748. The summed E-state index contributed by atoms with van der Waals surface area (Å²) in [6.45, 7) is 3.66. The van der Waals surface area contributed by atoms with Crippen LogP contribution >= 0.6 is 0 Å². The zero-order valence-electron chi connectivity index (χ0n) is 8.65. The van der Waals surface area contributed by atoms with Crippen molar-refractivity contribution in [1.82, 2.24) is 10.3 Å². The molecule has 0 fully saturated rings. The lowest BCUT2D eigenvalue weighted by molar-refractivity contribution is 0.0927. The van der Waals surface area contributed by atoms with Gasteiger partial charge in [-0.25, -0.2) is 0 Å². The summed E-state index contributed by atoms with van der Waals surface area (Å²) in [5, 5.41) is 2.67. The molecule has 0 aromatic carbocycles. The number of aromatic nitrogens is 1. The van der Waals surface area contributed by atoms with Crippen LogP contribution in [0.1, 0.15) is 34.6 Å². The van der Waals surface area contributed by atoms with Crippen LogP contribution in [0, 0.1) is 0 Å². The number of carbonyl (C=O) groups is 2. The van der Waals surface area contributed by atoms with Crippen LogP contribution in [0.15, 0.2) is 18.5 Å². The molecule has 0 spiro atoms. The fraction of sp³-hybridized carbons (Fsp3) is 0.300. The molecule has 0 aliphatic rings. The van der Waals surface area contributed by atoms with E-state index in [2.05, 4.69) is 10.3 Å². The Hall–Kier alpha value is -1.91. The Bertz CT molecular complexity index is 388. The van der Waals surface area contributed by atoms with Gasteiger partial charge in [0.05, 0.1) is 11.1 Å². The fourth-order valence-corrected chi connectivity index (χ4v) is 1.13. The molecular formula is C10H13N3O2. The van der Waals surface area contributed by atoms with Gasteiger partial charge < -0.3 is 11.1 Å². The van der Waals surface area contributed by atoms with Crippen LogP contribution < -0.4 is 11.1 Å². The average molecular weight is 207 g/mol. The maximum atomic E-state index is 11.6. The summed E-state index contributed by atoms with van der Waals surface area (Å²) < 4.78 is 0. The lowest BCUT2D eigenvalue weighted by atomic mass is 10.1. The van der Waals surface area contributed by atoms with Gasteiger partial charge in [0.15, 0.2) is 0 Å². The van der Waals surface area contributed by atoms with Crippen LogP contribution in [-0.4, -0.2) is 22.8 Å². The Morgan fingerprint density at radius 1 is 1.40 bits per heavy atom. The summed E-state index contributed by atoms with van der Waals surface area (Å²) in [6.07, 6.45) is 2.75. The van der Waals surface area contributed by atoms with Crippen molar-refractivity contribution in [3.8, 4) is 0 Å². The zero-order chi connectivity index (χ0) is 11.4. The van der Waals surface area contributed by atoms with Crippen molar-refractivity contribution >= 4 is 11.8 Å². The van der Waals surface area contributed by atoms with Crippen LogP contribution in [0.3, 0.4) is 0 Å². The molecule has 15 heavy (non-hydrogen) atoms. The minimum atomic E-state index is -0.633. The fourth-order valence-electron chi connectivity index (χ4n) is 1.13. The summed E-state index contributed by atoms with van der Waals surface area (Å²) in [7, 11) is 0. The molecule has 1 aromatic rings. The normalized spacial score (nSPS) is 10.1. The molecule has 5 heteroatoms. The second-order valence-electron chi connectivity index (χ2n) is 3.41. The second-order valence-corrected chi connectivity index (χ2v) is 3.41. The van der Waals surface area contributed by atoms with E-state index in [0.29, 0.717) is 0 Å². The van der Waals surface area contributed by atoms with Gasteiger partial charge >= 0.3 is 0 Å². The molecule has 0 aliphatic carbocycles. The first-order valence-corrected chi connectivity index (χ1v) is 4.57. The second kappa shape index (κ2) is 4.54. The minimum absolute atomic E-state index is 0.00145. The Morgan fingerprint density at radius 3 is 2.60 bits per heavy atom. The molecule has 0 aliphatic heterocycles. The first-order chi connectivity index (χ1) is 7.02. The van der Waals surface area contributed by atoms with Gasteiger partial charge in [-0.2, -0.15) is 0 Å². The molecule has 0 saturated heterocycles. The molecule has 1 rings (SSSR count). The highest BCUT2D eigenvalue weighted by atomic mass is 16.2. The van der Waals surface area contributed by atoms with Crippen molar-refractivity contribution in [3.63, 3.8) is 0 Å². The predicted octanol–water partition coefficient (Wildman–Crippen LogP) is 0.319. The van der Waals surface area contributed by atoms with Crippen molar-refractivity contribution in [1.29, 1.82) is 0 Å². The average Bonchev–Trinajstić information content (AvgIpc) is 2.16. The Balaban J connectivity index is 3.03. The van der Waals surface area contributed by atoms with Crippen molar-refractivity contribution in [2.75, 3.05) is 0 Å². The van der Waals surface area contributed by atoms with Crippen molar-refractivity contribution in [2.24, 2.45) is 5.73 Å². The lowest BCUT2D eigenvalue weighted by Gasteiger charge is -2.09. The highest BCUT2D eigenvalue weighted by Crippen LogP contribution is 2.06. The Labute approximate surface area is 87.7 Å². The van der Waals surface area contributed by atoms with Crippen molar-refractivity contribution < 1.29 is 9.59 Å². The number of pyridine rings is 1. The van der Waals surface area contributed by atoms with E-state index in [-0.39, 0.29) is 23.1 Å². The summed E-state index contributed by atoms with van der Waals surface area (Å²) in [5.41, 5.74) is 5.53. The standard InChI is InChI=1S/C10H13N3O2/c1-6(2)13-10(15)8-5-12-4-3-7(8)9(11)14/h3-6H,1-2H3,(H2,11,14)(H,13,15). The van der Waals surface area contributed by atoms with Crippen molar-refractivity contribution in [3.05, 3.63) is 29.6 Å². The van der Waals surface area contributed by atoms with Crippen LogP contribution in [0.5, 0.6) is 0 Å². The third kappa shape index (κ3) is 2.77. The minimum Gasteiger partial charge on any atom is -0.366 e. The van der Waals surface area contributed by atoms with Gasteiger partial charge in [0.1, 0.15) is 0 Å². The van der Waals surface area contributed by atoms with Crippen LogP contribution in [0.4, 0.5) is 0 Å². The van der Waals surface area contributed by atoms with E-state index in [1.54, 1.807) is 0 Å². The van der Waals surface area contributed by atoms with Gasteiger partial charge in [0, 0.05) is 18.4 Å². The van der Waals surface area contributed by atoms with Crippen LogP contribution in [0.25, 0.3) is 0 Å². The Kier molecular flexibility index (Phi) is 3.38. The van der Waals surface area contributed by atoms with Gasteiger partial charge in [-0.1, -0.05) is 0 Å². The van der Waals surface area contributed by atoms with E-state index in [4.69, 9.17) is 5.73 Å². The van der Waals surface area contributed by atoms with E-state index < -0.39 is 5.91 Å². The Morgan fingerprint density at radius 2 is 2.07 bits per heavy atom.